The average Bonchev–Trinajstić information content (AvgIpc) is 2.83. The molecule has 0 aliphatic rings. The summed E-state index contributed by atoms with van der Waals surface area (Å²) >= 11 is 3.31. The molecule has 0 spiro atoms. The van der Waals surface area contributed by atoms with Crippen LogP contribution in [0.4, 0.5) is 0 Å². The molecule has 2 atom stereocenters. The monoisotopic (exact) mass is 528 g/mol. The maximum atomic E-state index is 11.6. The van der Waals surface area contributed by atoms with Gasteiger partial charge in [0.15, 0.2) is 11.5 Å². The van der Waals surface area contributed by atoms with Crippen LogP contribution in [0, 0.1) is 11.8 Å². The summed E-state index contributed by atoms with van der Waals surface area (Å²) in [6.07, 6.45) is 10.5. The smallest absolute Gasteiger partial charge is 0.342 e. The topological polar surface area (TPSA) is 54.0 Å². The SMILES string of the molecule is CCCCC(CC)COc1ccc(COOC(=O)CCCBr)cc1OCC(CC)CCCC. The van der Waals surface area contributed by atoms with Gasteiger partial charge in [0.05, 0.1) is 13.2 Å². The molecule has 0 heterocycles. The molecule has 0 aliphatic carbocycles. The van der Waals surface area contributed by atoms with Crippen molar-refractivity contribution in [3.05, 3.63) is 23.8 Å². The van der Waals surface area contributed by atoms with Crippen LogP contribution in [0.25, 0.3) is 0 Å². The van der Waals surface area contributed by atoms with Crippen molar-refractivity contribution in [3.8, 4) is 11.5 Å². The maximum Gasteiger partial charge on any atom is 0.342 e. The molecule has 0 aliphatic heterocycles. The van der Waals surface area contributed by atoms with Crippen molar-refractivity contribution in [1.82, 2.24) is 0 Å². The Morgan fingerprint density at radius 1 is 0.879 bits per heavy atom. The molecule has 0 saturated heterocycles. The molecule has 0 fully saturated rings. The van der Waals surface area contributed by atoms with Crippen molar-refractivity contribution in [2.75, 3.05) is 18.5 Å². The Kier molecular flexibility index (Phi) is 17.2. The largest absolute Gasteiger partial charge is 0.489 e. The number of carbonyl (C=O) groups is 1. The van der Waals surface area contributed by atoms with Crippen molar-refractivity contribution in [2.24, 2.45) is 11.8 Å². The van der Waals surface area contributed by atoms with Gasteiger partial charge >= 0.3 is 5.97 Å². The van der Waals surface area contributed by atoms with Crippen LogP contribution in [0.15, 0.2) is 18.2 Å². The summed E-state index contributed by atoms with van der Waals surface area (Å²) in [7, 11) is 0. The predicted molar refractivity (Wildman–Crippen MR) is 138 cm³/mol. The lowest BCUT2D eigenvalue weighted by molar-refractivity contribution is -0.279. The Balaban J connectivity index is 2.80. The first kappa shape index (κ1) is 29.8. The molecular weight excluding hydrogens is 484 g/mol. The molecule has 0 N–H and O–H groups in total. The highest BCUT2D eigenvalue weighted by atomic mass is 79.9. The van der Waals surface area contributed by atoms with Gasteiger partial charge < -0.3 is 9.47 Å². The van der Waals surface area contributed by atoms with Crippen LogP contribution in [0.1, 0.15) is 97.5 Å². The molecule has 1 aromatic carbocycles. The van der Waals surface area contributed by atoms with Gasteiger partial charge in [0, 0.05) is 11.8 Å². The number of rotatable bonds is 20. The number of halogens is 1. The Bertz CT molecular complexity index is 637. The van der Waals surface area contributed by atoms with E-state index in [1.165, 1.54) is 38.5 Å². The van der Waals surface area contributed by atoms with Gasteiger partial charge in [-0.25, -0.2) is 4.79 Å². The van der Waals surface area contributed by atoms with Gasteiger partial charge in [0.1, 0.15) is 6.61 Å². The number of ether oxygens (including phenoxy) is 2. The lowest BCUT2D eigenvalue weighted by Crippen LogP contribution is -2.14. The van der Waals surface area contributed by atoms with Crippen molar-refractivity contribution < 1.29 is 24.0 Å². The van der Waals surface area contributed by atoms with E-state index >= 15 is 0 Å². The second-order valence-corrected chi connectivity index (χ2v) is 9.54. The van der Waals surface area contributed by atoms with Crippen LogP contribution in [0.3, 0.4) is 0 Å². The summed E-state index contributed by atoms with van der Waals surface area (Å²) in [5, 5.41) is 0.763. The molecule has 33 heavy (non-hydrogen) atoms. The first-order chi connectivity index (χ1) is 16.1. The molecule has 0 saturated carbocycles. The summed E-state index contributed by atoms with van der Waals surface area (Å²) < 4.78 is 12.5. The first-order valence-electron chi connectivity index (χ1n) is 12.8. The molecule has 0 aromatic heterocycles. The number of unbranched alkanes of at least 4 members (excludes halogenated alkanes) is 2. The van der Waals surface area contributed by atoms with Gasteiger partial charge in [-0.2, -0.15) is 4.89 Å². The Hall–Kier alpha value is -1.27. The van der Waals surface area contributed by atoms with Crippen LogP contribution < -0.4 is 9.47 Å². The molecule has 0 radical (unpaired) electrons. The van der Waals surface area contributed by atoms with Gasteiger partial charge in [-0.15, -0.1) is 0 Å². The quantitative estimate of drug-likeness (QED) is 0.0972. The zero-order chi connectivity index (χ0) is 24.3. The van der Waals surface area contributed by atoms with Crippen LogP contribution >= 0.6 is 15.9 Å². The van der Waals surface area contributed by atoms with E-state index in [-0.39, 0.29) is 12.6 Å². The summed E-state index contributed by atoms with van der Waals surface area (Å²) in [6.45, 7) is 10.4. The summed E-state index contributed by atoms with van der Waals surface area (Å²) in [5.41, 5.74) is 0.880. The van der Waals surface area contributed by atoms with E-state index in [2.05, 4.69) is 43.6 Å². The zero-order valence-electron chi connectivity index (χ0n) is 21.2. The van der Waals surface area contributed by atoms with Gasteiger partial charge in [0.2, 0.25) is 0 Å². The van der Waals surface area contributed by atoms with Crippen molar-refractivity contribution in [2.45, 2.75) is 98.5 Å². The highest BCUT2D eigenvalue weighted by Crippen LogP contribution is 2.31. The number of hydrogen-bond acceptors (Lipinski definition) is 5. The van der Waals surface area contributed by atoms with E-state index in [4.69, 9.17) is 19.2 Å². The molecule has 0 amide bonds. The summed E-state index contributed by atoms with van der Waals surface area (Å²) in [6, 6.07) is 5.83. The van der Waals surface area contributed by atoms with Gasteiger partial charge in [-0.3, -0.25) is 4.89 Å². The van der Waals surface area contributed by atoms with E-state index in [9.17, 15) is 4.79 Å². The average molecular weight is 530 g/mol. The molecule has 0 bridgehead atoms. The number of hydrogen-bond donors (Lipinski definition) is 0. The van der Waals surface area contributed by atoms with Gasteiger partial charge in [-0.05, 0) is 48.8 Å². The lowest BCUT2D eigenvalue weighted by Gasteiger charge is -2.20. The molecule has 1 rings (SSSR count). The molecule has 1 aromatic rings. The van der Waals surface area contributed by atoms with Crippen molar-refractivity contribution in [3.63, 3.8) is 0 Å². The predicted octanol–water partition coefficient (Wildman–Crippen LogP) is 8.03. The Morgan fingerprint density at radius 3 is 2.03 bits per heavy atom. The summed E-state index contributed by atoms with van der Waals surface area (Å²) in [4.78, 5) is 21.7. The lowest BCUT2D eigenvalue weighted by atomic mass is 10.0. The van der Waals surface area contributed by atoms with Crippen LogP contribution in [-0.2, 0) is 21.2 Å². The third-order valence-electron chi connectivity index (χ3n) is 5.94. The van der Waals surface area contributed by atoms with Gasteiger partial charge in [-0.1, -0.05) is 88.2 Å². The molecule has 2 unspecified atom stereocenters. The van der Waals surface area contributed by atoms with Crippen LogP contribution in [-0.4, -0.2) is 24.5 Å². The van der Waals surface area contributed by atoms with Gasteiger partial charge in [0.25, 0.3) is 0 Å². The number of carbonyl (C=O) groups excluding carboxylic acids is 1. The third kappa shape index (κ3) is 13.3. The molecule has 5 nitrogen and oxygen atoms in total. The van der Waals surface area contributed by atoms with E-state index in [0.717, 1.165) is 41.7 Å². The van der Waals surface area contributed by atoms with E-state index < -0.39 is 0 Å². The van der Waals surface area contributed by atoms with Crippen molar-refractivity contribution in [1.29, 1.82) is 0 Å². The summed E-state index contributed by atoms with van der Waals surface area (Å²) in [5.74, 6) is 2.23. The maximum absolute atomic E-state index is 11.6. The van der Waals surface area contributed by atoms with E-state index in [1.807, 2.05) is 18.2 Å². The van der Waals surface area contributed by atoms with E-state index in [1.54, 1.807) is 0 Å². The second kappa shape index (κ2) is 19.1. The third-order valence-corrected chi connectivity index (χ3v) is 6.50. The first-order valence-corrected chi connectivity index (χ1v) is 14.0. The second-order valence-electron chi connectivity index (χ2n) is 8.75. The fourth-order valence-corrected chi connectivity index (χ4v) is 3.78. The van der Waals surface area contributed by atoms with Crippen molar-refractivity contribution >= 4 is 21.9 Å². The number of alkyl halides is 1. The molecule has 190 valence electrons. The highest BCUT2D eigenvalue weighted by Gasteiger charge is 2.14. The standard InChI is InChI=1S/C27H45BrO5/c1-5-9-12-22(7-3)19-30-25-16-15-24(21-32-33-27(29)14-11-17-28)18-26(25)31-20-23(8-4)13-10-6-2/h15-16,18,22-23H,5-14,17,19-21H2,1-4H3. The molecule has 6 heteroatoms. The fourth-order valence-electron chi connectivity index (χ4n) is 3.50. The van der Waals surface area contributed by atoms with Crippen LogP contribution in [0.5, 0.6) is 11.5 Å². The van der Waals surface area contributed by atoms with E-state index in [0.29, 0.717) is 31.5 Å². The Labute approximate surface area is 210 Å². The Morgan fingerprint density at radius 2 is 1.48 bits per heavy atom. The molecular formula is C27H45BrO5. The fraction of sp³-hybridized carbons (Fsp3) is 0.741. The minimum Gasteiger partial charge on any atom is -0.489 e. The minimum atomic E-state index is -0.356. The normalized spacial score (nSPS) is 12.9. The van der Waals surface area contributed by atoms with Crippen LogP contribution in [0.2, 0.25) is 0 Å². The number of benzene rings is 1. The highest BCUT2D eigenvalue weighted by molar-refractivity contribution is 9.09. The minimum absolute atomic E-state index is 0.178. The zero-order valence-corrected chi connectivity index (χ0v) is 22.8.